The lowest BCUT2D eigenvalue weighted by Crippen LogP contribution is -2.40. The first-order valence-corrected chi connectivity index (χ1v) is 17.2. The summed E-state index contributed by atoms with van der Waals surface area (Å²) in [7, 11) is 3.11. The number of nitrogens with zero attached hydrogens (tertiary/aromatic N) is 2. The SMILES string of the molecule is CCOC(=O)C1=C(C)N=c2s/c(=C\c3cc(Br)c(OCc4ccc(Cl)cc4Cl)c(OC)c3)c(=O)n2[C@@H]1c1c(OC)ccc2ccccc12. The van der Waals surface area contributed by atoms with Gasteiger partial charge in [0.2, 0.25) is 0 Å². The van der Waals surface area contributed by atoms with Gasteiger partial charge < -0.3 is 18.9 Å². The lowest BCUT2D eigenvalue weighted by Gasteiger charge is -2.27. The van der Waals surface area contributed by atoms with Crippen LogP contribution in [0.4, 0.5) is 0 Å². The Hall–Kier alpha value is -4.09. The van der Waals surface area contributed by atoms with Gasteiger partial charge in [-0.3, -0.25) is 9.36 Å². The van der Waals surface area contributed by atoms with Crippen molar-refractivity contribution in [1.82, 2.24) is 4.57 Å². The molecule has 48 heavy (non-hydrogen) atoms. The molecule has 4 aromatic carbocycles. The zero-order chi connectivity index (χ0) is 34.1. The van der Waals surface area contributed by atoms with Crippen LogP contribution in [-0.4, -0.2) is 31.4 Å². The monoisotopic (exact) mass is 766 g/mol. The second kappa shape index (κ2) is 14.2. The fourth-order valence-electron chi connectivity index (χ4n) is 5.70. The van der Waals surface area contributed by atoms with Crippen LogP contribution in [0, 0.1) is 0 Å². The Morgan fingerprint density at radius 3 is 2.54 bits per heavy atom. The van der Waals surface area contributed by atoms with Crippen LogP contribution in [0.2, 0.25) is 10.0 Å². The van der Waals surface area contributed by atoms with Crippen molar-refractivity contribution >= 4 is 73.3 Å². The number of hydrogen-bond donors (Lipinski definition) is 0. The minimum Gasteiger partial charge on any atom is -0.496 e. The summed E-state index contributed by atoms with van der Waals surface area (Å²) >= 11 is 17.2. The molecule has 6 rings (SSSR count). The van der Waals surface area contributed by atoms with Crippen molar-refractivity contribution in [2.75, 3.05) is 20.8 Å². The van der Waals surface area contributed by atoms with Crippen LogP contribution in [0.15, 0.2) is 92.3 Å². The molecule has 5 aromatic rings. The molecule has 0 saturated heterocycles. The van der Waals surface area contributed by atoms with E-state index in [0.29, 0.717) is 57.9 Å². The Kier molecular flexibility index (Phi) is 9.98. The number of carbonyl (C=O) groups excluding carboxylic acids is 1. The van der Waals surface area contributed by atoms with Gasteiger partial charge >= 0.3 is 5.97 Å². The number of halogens is 3. The molecule has 246 valence electrons. The van der Waals surface area contributed by atoms with E-state index in [4.69, 9.17) is 47.1 Å². The Morgan fingerprint density at radius 1 is 1.04 bits per heavy atom. The minimum atomic E-state index is -0.847. The van der Waals surface area contributed by atoms with Crippen LogP contribution >= 0.6 is 50.5 Å². The lowest BCUT2D eigenvalue weighted by atomic mass is 9.90. The van der Waals surface area contributed by atoms with Crippen molar-refractivity contribution in [2.24, 2.45) is 4.99 Å². The van der Waals surface area contributed by atoms with E-state index < -0.39 is 12.0 Å². The molecule has 1 aliphatic heterocycles. The van der Waals surface area contributed by atoms with Crippen LogP contribution in [0.5, 0.6) is 17.2 Å². The second-order valence-electron chi connectivity index (χ2n) is 10.8. The fourth-order valence-corrected chi connectivity index (χ4v) is 7.79. The number of fused-ring (bicyclic) bond motifs is 2. The largest absolute Gasteiger partial charge is 0.496 e. The van der Waals surface area contributed by atoms with Gasteiger partial charge in [0.15, 0.2) is 16.3 Å². The average Bonchev–Trinajstić information content (AvgIpc) is 3.37. The first-order valence-electron chi connectivity index (χ1n) is 14.8. The first-order chi connectivity index (χ1) is 23.1. The average molecular weight is 769 g/mol. The Balaban J connectivity index is 1.48. The van der Waals surface area contributed by atoms with E-state index in [-0.39, 0.29) is 24.3 Å². The number of carbonyl (C=O) groups is 1. The highest BCUT2D eigenvalue weighted by molar-refractivity contribution is 9.10. The second-order valence-corrected chi connectivity index (χ2v) is 13.5. The minimum absolute atomic E-state index is 0.169. The van der Waals surface area contributed by atoms with E-state index >= 15 is 0 Å². The third-order valence-electron chi connectivity index (χ3n) is 7.88. The Morgan fingerprint density at radius 2 is 1.81 bits per heavy atom. The number of rotatable bonds is 9. The maximum absolute atomic E-state index is 14.4. The number of aromatic nitrogens is 1. The summed E-state index contributed by atoms with van der Waals surface area (Å²) < 4.78 is 25.7. The summed E-state index contributed by atoms with van der Waals surface area (Å²) in [6.45, 7) is 3.85. The van der Waals surface area contributed by atoms with Gasteiger partial charge in [0.1, 0.15) is 18.4 Å². The maximum atomic E-state index is 14.4. The summed E-state index contributed by atoms with van der Waals surface area (Å²) in [4.78, 5) is 33.1. The quantitative estimate of drug-likeness (QED) is 0.144. The number of benzene rings is 4. The highest BCUT2D eigenvalue weighted by Gasteiger charge is 2.36. The van der Waals surface area contributed by atoms with Crippen molar-refractivity contribution in [1.29, 1.82) is 0 Å². The highest BCUT2D eigenvalue weighted by Crippen LogP contribution is 2.41. The van der Waals surface area contributed by atoms with Gasteiger partial charge in [-0.15, -0.1) is 0 Å². The van der Waals surface area contributed by atoms with Crippen molar-refractivity contribution in [2.45, 2.75) is 26.5 Å². The van der Waals surface area contributed by atoms with E-state index in [9.17, 15) is 9.59 Å². The predicted molar refractivity (Wildman–Crippen MR) is 192 cm³/mol. The molecule has 0 bridgehead atoms. The summed E-state index contributed by atoms with van der Waals surface area (Å²) in [5.74, 6) is 0.915. The van der Waals surface area contributed by atoms with Crippen molar-refractivity contribution in [3.63, 3.8) is 0 Å². The summed E-state index contributed by atoms with van der Waals surface area (Å²) in [5.41, 5.74) is 2.54. The number of thiazole rings is 1. The van der Waals surface area contributed by atoms with Gasteiger partial charge in [-0.25, -0.2) is 9.79 Å². The summed E-state index contributed by atoms with van der Waals surface area (Å²) in [6.07, 6.45) is 1.76. The molecule has 0 unspecified atom stereocenters. The molecule has 1 aliphatic rings. The molecular formula is C36H29BrCl2N2O6S. The fraction of sp³-hybridized carbons (Fsp3) is 0.194. The third-order valence-corrected chi connectivity index (χ3v) is 10.0. The molecule has 1 aromatic heterocycles. The first kappa shape index (κ1) is 33.8. The molecule has 0 saturated carbocycles. The van der Waals surface area contributed by atoms with Gasteiger partial charge in [-0.2, -0.15) is 0 Å². The highest BCUT2D eigenvalue weighted by atomic mass is 79.9. The van der Waals surface area contributed by atoms with Gasteiger partial charge in [0, 0.05) is 21.2 Å². The Labute approximate surface area is 298 Å². The smallest absolute Gasteiger partial charge is 0.338 e. The zero-order valence-electron chi connectivity index (χ0n) is 26.3. The lowest BCUT2D eigenvalue weighted by molar-refractivity contribution is -0.139. The number of ether oxygens (including phenoxy) is 4. The molecule has 0 aliphatic carbocycles. The van der Waals surface area contributed by atoms with Crippen LogP contribution < -0.4 is 29.1 Å². The molecule has 0 spiro atoms. The number of methoxy groups -OCH3 is 2. The third kappa shape index (κ3) is 6.37. The number of hydrogen-bond acceptors (Lipinski definition) is 8. The van der Waals surface area contributed by atoms with E-state index in [1.54, 1.807) is 63.0 Å². The number of allylic oxidation sites excluding steroid dienone is 1. The van der Waals surface area contributed by atoms with Crippen LogP contribution in [0.25, 0.3) is 16.8 Å². The molecule has 2 heterocycles. The van der Waals surface area contributed by atoms with Crippen LogP contribution in [0.3, 0.4) is 0 Å². The Bertz CT molecular complexity index is 2300. The van der Waals surface area contributed by atoms with Gasteiger partial charge in [0.05, 0.1) is 41.1 Å². The molecular weight excluding hydrogens is 739 g/mol. The van der Waals surface area contributed by atoms with E-state index in [0.717, 1.165) is 16.3 Å². The zero-order valence-corrected chi connectivity index (χ0v) is 30.2. The van der Waals surface area contributed by atoms with E-state index in [2.05, 4.69) is 15.9 Å². The van der Waals surface area contributed by atoms with E-state index in [1.165, 1.54) is 11.3 Å². The van der Waals surface area contributed by atoms with Gasteiger partial charge in [-0.1, -0.05) is 70.9 Å². The summed E-state index contributed by atoms with van der Waals surface area (Å²) in [6, 6.07) is 19.6. The number of esters is 1. The van der Waals surface area contributed by atoms with Crippen molar-refractivity contribution in [3.8, 4) is 17.2 Å². The topological polar surface area (TPSA) is 88.4 Å². The van der Waals surface area contributed by atoms with Crippen molar-refractivity contribution in [3.05, 3.63) is 129 Å². The van der Waals surface area contributed by atoms with Gasteiger partial charge in [-0.05, 0) is 82.5 Å². The molecule has 0 radical (unpaired) electrons. The molecule has 0 amide bonds. The molecule has 0 N–H and O–H groups in total. The van der Waals surface area contributed by atoms with Crippen LogP contribution in [0.1, 0.15) is 36.6 Å². The maximum Gasteiger partial charge on any atom is 0.338 e. The van der Waals surface area contributed by atoms with E-state index in [1.807, 2.05) is 42.5 Å². The molecule has 1 atom stereocenters. The van der Waals surface area contributed by atoms with Crippen LogP contribution in [-0.2, 0) is 16.1 Å². The molecule has 0 fully saturated rings. The molecule has 12 heteroatoms. The summed E-state index contributed by atoms with van der Waals surface area (Å²) in [5, 5.41) is 2.81. The standard InChI is InChI=1S/C36H29BrCl2N2O6S/c1-5-46-35(43)30-19(2)40-36-41(32(30)31-24-9-7-6-8-21(24)11-13-27(31)44-3)34(42)29(48-36)16-20-14-25(37)33(28(15-20)45-4)47-18-22-10-12-23(38)17-26(22)39/h6-17,32H,5,18H2,1-4H3/b29-16-/t32-/m0/s1. The van der Waals surface area contributed by atoms with Crippen molar-refractivity contribution < 1.29 is 23.7 Å². The van der Waals surface area contributed by atoms with Gasteiger partial charge in [0.25, 0.3) is 5.56 Å². The predicted octanol–water partition coefficient (Wildman–Crippen LogP) is 7.62. The molecule has 8 nitrogen and oxygen atoms in total. The normalized spacial score (nSPS) is 14.5.